The fourth-order valence-electron chi connectivity index (χ4n) is 7.64. The van der Waals surface area contributed by atoms with Crippen LogP contribution >= 0.6 is 0 Å². The molecule has 0 aromatic heterocycles. The van der Waals surface area contributed by atoms with Crippen molar-refractivity contribution < 1.29 is 23.9 Å². The topological polar surface area (TPSA) is 84.0 Å². The maximum atomic E-state index is 13.5. The summed E-state index contributed by atoms with van der Waals surface area (Å²) >= 11 is 0. The van der Waals surface area contributed by atoms with Crippen LogP contribution in [-0.2, 0) is 19.2 Å². The van der Waals surface area contributed by atoms with Crippen LogP contribution in [0, 0.1) is 41.4 Å². The van der Waals surface area contributed by atoms with E-state index in [0.717, 1.165) is 22.9 Å². The number of imide groups is 1. The number of benzene rings is 3. The van der Waals surface area contributed by atoms with E-state index in [2.05, 4.69) is 12.2 Å². The normalized spacial score (nSPS) is 32.1. The largest absolute Gasteiger partial charge is 0.426 e. The van der Waals surface area contributed by atoms with Gasteiger partial charge in [-0.2, -0.15) is 0 Å². The molecule has 4 aliphatic carbocycles. The lowest BCUT2D eigenvalue weighted by Gasteiger charge is -2.37. The van der Waals surface area contributed by atoms with Gasteiger partial charge in [0, 0.05) is 24.4 Å². The summed E-state index contributed by atoms with van der Waals surface area (Å²) in [6.07, 6.45) is 5.48. The Hall–Kier alpha value is -4.26. The van der Waals surface area contributed by atoms with Gasteiger partial charge in [-0.15, -0.1) is 0 Å². The minimum absolute atomic E-state index is 0.0618. The summed E-state index contributed by atoms with van der Waals surface area (Å²) in [4.78, 5) is 56.0. The predicted molar refractivity (Wildman–Crippen MR) is 144 cm³/mol. The first-order valence-electron chi connectivity index (χ1n) is 13.7. The van der Waals surface area contributed by atoms with Crippen LogP contribution in [0.4, 0.5) is 11.4 Å². The predicted octanol–water partition coefficient (Wildman–Crippen LogP) is 4.36. The number of fused-ring (bicyclic) bond motifs is 1. The van der Waals surface area contributed by atoms with E-state index in [-0.39, 0.29) is 60.1 Å². The van der Waals surface area contributed by atoms with E-state index in [4.69, 9.17) is 4.74 Å². The van der Waals surface area contributed by atoms with E-state index in [1.807, 2.05) is 42.5 Å². The Morgan fingerprint density at radius 2 is 1.51 bits per heavy atom. The molecule has 0 radical (unpaired) electrons. The quantitative estimate of drug-likeness (QED) is 0.222. The van der Waals surface area contributed by atoms with Gasteiger partial charge in [0.15, 0.2) is 0 Å². The zero-order chi connectivity index (χ0) is 26.4. The lowest BCUT2D eigenvalue weighted by Crippen LogP contribution is -2.40. The minimum atomic E-state index is -0.619. The number of nitrogens with zero attached hydrogens (tertiary/aromatic N) is 2. The Kier molecular flexibility index (Phi) is 4.73. The Labute approximate surface area is 225 Å². The third kappa shape index (κ3) is 3.28. The van der Waals surface area contributed by atoms with Gasteiger partial charge < -0.3 is 9.64 Å². The third-order valence-corrected chi connectivity index (χ3v) is 9.47. The van der Waals surface area contributed by atoms with Crippen molar-refractivity contribution in [2.45, 2.75) is 12.8 Å². The van der Waals surface area contributed by atoms with Gasteiger partial charge in [-0.3, -0.25) is 19.2 Å². The Balaban J connectivity index is 1.01. The van der Waals surface area contributed by atoms with Gasteiger partial charge in [-0.25, -0.2) is 4.90 Å². The molecule has 7 nitrogen and oxygen atoms in total. The Bertz CT molecular complexity index is 1590. The van der Waals surface area contributed by atoms with Crippen LogP contribution in [-0.4, -0.2) is 30.2 Å². The van der Waals surface area contributed by atoms with Crippen molar-refractivity contribution in [3.8, 4) is 5.75 Å². The molecule has 0 spiro atoms. The molecule has 194 valence electrons. The first-order valence-corrected chi connectivity index (χ1v) is 13.7. The first kappa shape index (κ1) is 22.7. The fourth-order valence-corrected chi connectivity index (χ4v) is 7.64. The molecule has 2 aliphatic heterocycles. The van der Waals surface area contributed by atoms with Crippen molar-refractivity contribution in [1.29, 1.82) is 0 Å². The maximum absolute atomic E-state index is 13.5. The number of amides is 3. The van der Waals surface area contributed by atoms with Gasteiger partial charge in [0.2, 0.25) is 17.7 Å². The van der Waals surface area contributed by atoms with Crippen molar-refractivity contribution in [1.82, 2.24) is 0 Å². The van der Waals surface area contributed by atoms with Crippen LogP contribution in [0.2, 0.25) is 0 Å². The van der Waals surface area contributed by atoms with E-state index in [1.54, 1.807) is 29.2 Å². The molecule has 2 heterocycles. The summed E-state index contributed by atoms with van der Waals surface area (Å²) in [6, 6.07) is 20.3. The molecular formula is C32H26N2O5. The van der Waals surface area contributed by atoms with E-state index in [9.17, 15) is 19.2 Å². The van der Waals surface area contributed by atoms with Crippen LogP contribution in [0.1, 0.15) is 12.8 Å². The van der Waals surface area contributed by atoms with E-state index >= 15 is 0 Å². The van der Waals surface area contributed by atoms with E-state index in [0.29, 0.717) is 17.5 Å². The molecule has 2 saturated heterocycles. The molecule has 6 aliphatic rings. The van der Waals surface area contributed by atoms with E-state index < -0.39 is 11.9 Å². The molecule has 39 heavy (non-hydrogen) atoms. The molecule has 2 saturated carbocycles. The number of ether oxygens (including phenoxy) is 1. The molecule has 2 bridgehead atoms. The van der Waals surface area contributed by atoms with Gasteiger partial charge in [0.05, 0.1) is 29.1 Å². The van der Waals surface area contributed by atoms with Gasteiger partial charge in [0.25, 0.3) is 0 Å². The average Bonchev–Trinajstić information content (AvgIpc) is 3.63. The van der Waals surface area contributed by atoms with E-state index in [1.165, 1.54) is 4.90 Å². The van der Waals surface area contributed by atoms with Crippen LogP contribution in [0.3, 0.4) is 0 Å². The molecule has 0 N–H and O–H groups in total. The minimum Gasteiger partial charge on any atom is -0.426 e. The van der Waals surface area contributed by atoms with Crippen molar-refractivity contribution in [3.05, 3.63) is 78.9 Å². The van der Waals surface area contributed by atoms with Crippen molar-refractivity contribution in [3.63, 3.8) is 0 Å². The highest BCUT2D eigenvalue weighted by Gasteiger charge is 2.67. The number of allylic oxidation sites excluding steroid dienone is 2. The Morgan fingerprint density at radius 3 is 2.28 bits per heavy atom. The summed E-state index contributed by atoms with van der Waals surface area (Å²) in [5, 5.41) is 1.98. The van der Waals surface area contributed by atoms with Crippen LogP contribution in [0.25, 0.3) is 10.8 Å². The SMILES string of the molecule is O=C(Oc1cccc(N2C(=O)[C@@H]3[C@H]4C=C[C@@H]([C@@H]5C[C@H]45)[C@H]3C2=O)c1)[C@@H]1CC(=O)N(c2cccc3ccccc23)C1. The highest BCUT2D eigenvalue weighted by molar-refractivity contribution is 6.22. The molecule has 9 rings (SSSR count). The van der Waals surface area contributed by atoms with Crippen molar-refractivity contribution in [2.75, 3.05) is 16.3 Å². The smallest absolute Gasteiger partial charge is 0.316 e. The zero-order valence-corrected chi connectivity index (χ0v) is 21.1. The second kappa shape index (κ2) is 8.12. The van der Waals surface area contributed by atoms with Crippen LogP contribution in [0.15, 0.2) is 78.9 Å². The molecule has 0 unspecified atom stereocenters. The maximum Gasteiger partial charge on any atom is 0.316 e. The molecular weight excluding hydrogens is 492 g/mol. The highest BCUT2D eigenvalue weighted by Crippen LogP contribution is 2.65. The number of hydrogen-bond donors (Lipinski definition) is 0. The number of carbonyl (C=O) groups is 4. The summed E-state index contributed by atoms with van der Waals surface area (Å²) in [7, 11) is 0. The zero-order valence-electron chi connectivity index (χ0n) is 21.1. The molecule has 3 aromatic carbocycles. The Morgan fingerprint density at radius 1 is 0.821 bits per heavy atom. The number of carbonyl (C=O) groups excluding carboxylic acids is 4. The van der Waals surface area contributed by atoms with Gasteiger partial charge >= 0.3 is 5.97 Å². The lowest BCUT2D eigenvalue weighted by molar-refractivity contribution is -0.139. The lowest BCUT2D eigenvalue weighted by atomic mass is 9.63. The highest BCUT2D eigenvalue weighted by atomic mass is 16.5. The summed E-state index contributed by atoms with van der Waals surface area (Å²) < 4.78 is 5.71. The summed E-state index contributed by atoms with van der Waals surface area (Å²) in [5.74, 6) is -0.485. The number of esters is 1. The van der Waals surface area contributed by atoms with Gasteiger partial charge in [-0.1, -0.05) is 54.6 Å². The molecule has 3 amide bonds. The van der Waals surface area contributed by atoms with Crippen LogP contribution in [0.5, 0.6) is 5.75 Å². The second-order valence-corrected chi connectivity index (χ2v) is 11.5. The standard InChI is InChI=1S/C32H26N2O5/c35-27-13-18(16-33(27)26-10-3-6-17-5-1-2-9-21(17)26)32(38)39-20-8-4-7-19(14-20)34-30(36)28-22-11-12-23(25-15-24(22)25)29(28)31(34)37/h1-12,14,18,22-25,28-29H,13,15-16H2/t18-,22+,23+,24-,25+,28-,29-/m1/s1. The third-order valence-electron chi connectivity index (χ3n) is 9.47. The molecule has 7 heteroatoms. The fraction of sp³-hybridized carbons (Fsp3) is 0.312. The number of hydrogen-bond acceptors (Lipinski definition) is 5. The first-order chi connectivity index (χ1) is 19.0. The molecule has 7 atom stereocenters. The van der Waals surface area contributed by atoms with Gasteiger partial charge in [0.1, 0.15) is 5.75 Å². The summed E-state index contributed by atoms with van der Waals surface area (Å²) in [6.45, 7) is 0.232. The monoisotopic (exact) mass is 518 g/mol. The number of rotatable bonds is 4. The van der Waals surface area contributed by atoms with Gasteiger partial charge in [-0.05, 0) is 53.7 Å². The summed E-state index contributed by atoms with van der Waals surface area (Å²) in [5.41, 5.74) is 1.21. The second-order valence-electron chi connectivity index (χ2n) is 11.5. The molecule has 3 aromatic rings. The molecule has 4 fully saturated rings. The van der Waals surface area contributed by atoms with Crippen LogP contribution < -0.4 is 14.5 Å². The van der Waals surface area contributed by atoms with Crippen molar-refractivity contribution in [2.24, 2.45) is 41.4 Å². The number of anilines is 2. The van der Waals surface area contributed by atoms with Crippen molar-refractivity contribution >= 4 is 45.8 Å². The average molecular weight is 519 g/mol.